The standard InChI is InChI=1S/C18H22N2O2/c1-11-8-9-15(10-12(11)2)22-14(4)18(21)20-17-7-5-6-16(19)13(17)3/h5-10,14H,19H2,1-4H3,(H,20,21). The predicted molar refractivity (Wildman–Crippen MR) is 90.2 cm³/mol. The average Bonchev–Trinajstić information content (AvgIpc) is 2.47. The Morgan fingerprint density at radius 2 is 1.86 bits per heavy atom. The minimum atomic E-state index is -0.595. The molecular formula is C18H22N2O2. The van der Waals surface area contributed by atoms with Gasteiger partial charge in [-0.25, -0.2) is 0 Å². The highest BCUT2D eigenvalue weighted by Crippen LogP contribution is 2.22. The third kappa shape index (κ3) is 3.58. The van der Waals surface area contributed by atoms with Crippen LogP contribution < -0.4 is 15.8 Å². The van der Waals surface area contributed by atoms with Gasteiger partial charge in [0, 0.05) is 11.4 Å². The number of hydrogen-bond acceptors (Lipinski definition) is 3. The van der Waals surface area contributed by atoms with Gasteiger partial charge in [0.25, 0.3) is 5.91 Å². The topological polar surface area (TPSA) is 64.3 Å². The average molecular weight is 298 g/mol. The van der Waals surface area contributed by atoms with Gasteiger partial charge in [-0.15, -0.1) is 0 Å². The zero-order valence-corrected chi connectivity index (χ0v) is 13.4. The third-order valence-electron chi connectivity index (χ3n) is 3.79. The van der Waals surface area contributed by atoms with E-state index in [1.165, 1.54) is 5.56 Å². The lowest BCUT2D eigenvalue weighted by molar-refractivity contribution is -0.122. The SMILES string of the molecule is Cc1ccc(OC(C)C(=O)Nc2cccc(N)c2C)cc1C. The molecular weight excluding hydrogens is 276 g/mol. The van der Waals surface area contributed by atoms with Crippen molar-refractivity contribution in [2.75, 3.05) is 11.1 Å². The van der Waals surface area contributed by atoms with Crippen molar-refractivity contribution >= 4 is 17.3 Å². The molecule has 0 bridgehead atoms. The van der Waals surface area contributed by atoms with Crippen LogP contribution in [0.3, 0.4) is 0 Å². The summed E-state index contributed by atoms with van der Waals surface area (Å²) in [5.74, 6) is 0.488. The van der Waals surface area contributed by atoms with Gasteiger partial charge in [0.2, 0.25) is 0 Å². The highest BCUT2D eigenvalue weighted by atomic mass is 16.5. The molecule has 4 nitrogen and oxygen atoms in total. The third-order valence-corrected chi connectivity index (χ3v) is 3.79. The van der Waals surface area contributed by atoms with Crippen LogP contribution in [0, 0.1) is 20.8 Å². The molecule has 2 aromatic rings. The molecule has 0 aliphatic heterocycles. The van der Waals surface area contributed by atoms with E-state index in [1.807, 2.05) is 51.1 Å². The van der Waals surface area contributed by atoms with E-state index in [-0.39, 0.29) is 5.91 Å². The van der Waals surface area contributed by atoms with E-state index in [2.05, 4.69) is 5.32 Å². The van der Waals surface area contributed by atoms with E-state index in [9.17, 15) is 4.79 Å². The molecule has 2 aromatic carbocycles. The lowest BCUT2D eigenvalue weighted by Crippen LogP contribution is -2.30. The molecule has 4 heteroatoms. The summed E-state index contributed by atoms with van der Waals surface area (Å²) in [6.07, 6.45) is -0.595. The Kier molecular flexibility index (Phi) is 4.71. The number of benzene rings is 2. The molecule has 0 heterocycles. The lowest BCUT2D eigenvalue weighted by Gasteiger charge is -2.17. The van der Waals surface area contributed by atoms with Gasteiger partial charge in [0.15, 0.2) is 6.10 Å². The molecule has 2 rings (SSSR count). The normalized spacial score (nSPS) is 11.8. The molecule has 116 valence electrons. The number of anilines is 2. The molecule has 0 fully saturated rings. The van der Waals surface area contributed by atoms with Crippen molar-refractivity contribution in [2.24, 2.45) is 0 Å². The molecule has 0 radical (unpaired) electrons. The zero-order chi connectivity index (χ0) is 16.3. The first-order valence-corrected chi connectivity index (χ1v) is 7.28. The second kappa shape index (κ2) is 6.52. The minimum Gasteiger partial charge on any atom is -0.481 e. The zero-order valence-electron chi connectivity index (χ0n) is 13.4. The highest BCUT2D eigenvalue weighted by molar-refractivity contribution is 5.95. The van der Waals surface area contributed by atoms with Crippen molar-refractivity contribution in [3.05, 3.63) is 53.1 Å². The predicted octanol–water partition coefficient (Wildman–Crippen LogP) is 3.60. The molecule has 0 saturated carbocycles. The summed E-state index contributed by atoms with van der Waals surface area (Å²) in [4.78, 5) is 12.3. The van der Waals surface area contributed by atoms with Crippen molar-refractivity contribution < 1.29 is 9.53 Å². The van der Waals surface area contributed by atoms with E-state index in [1.54, 1.807) is 13.0 Å². The van der Waals surface area contributed by atoms with Gasteiger partial charge in [-0.3, -0.25) is 4.79 Å². The second-order valence-electron chi connectivity index (χ2n) is 5.52. The smallest absolute Gasteiger partial charge is 0.265 e. The first-order valence-electron chi connectivity index (χ1n) is 7.28. The fraction of sp³-hybridized carbons (Fsp3) is 0.278. The number of carbonyl (C=O) groups is 1. The van der Waals surface area contributed by atoms with Crippen LogP contribution >= 0.6 is 0 Å². The van der Waals surface area contributed by atoms with Crippen LogP contribution in [0.25, 0.3) is 0 Å². The summed E-state index contributed by atoms with van der Waals surface area (Å²) in [5.41, 5.74) is 10.4. The number of carbonyl (C=O) groups excluding carboxylic acids is 1. The Balaban J connectivity index is 2.06. The van der Waals surface area contributed by atoms with Gasteiger partial charge in [0.05, 0.1) is 0 Å². The van der Waals surface area contributed by atoms with Crippen molar-refractivity contribution in [1.82, 2.24) is 0 Å². The molecule has 1 amide bonds. The van der Waals surface area contributed by atoms with E-state index in [4.69, 9.17) is 10.5 Å². The second-order valence-corrected chi connectivity index (χ2v) is 5.52. The fourth-order valence-corrected chi connectivity index (χ4v) is 2.07. The minimum absolute atomic E-state index is 0.202. The number of nitrogens with two attached hydrogens (primary N) is 1. The summed E-state index contributed by atoms with van der Waals surface area (Å²) in [6.45, 7) is 7.66. The number of aryl methyl sites for hydroxylation is 2. The Bertz CT molecular complexity index is 695. The molecule has 0 aliphatic carbocycles. The van der Waals surface area contributed by atoms with E-state index in [0.717, 1.165) is 11.1 Å². The van der Waals surface area contributed by atoms with Gasteiger partial charge in [0.1, 0.15) is 5.75 Å². The number of amides is 1. The van der Waals surface area contributed by atoms with Gasteiger partial charge < -0.3 is 15.8 Å². The molecule has 3 N–H and O–H groups in total. The van der Waals surface area contributed by atoms with Gasteiger partial charge in [-0.1, -0.05) is 12.1 Å². The molecule has 0 spiro atoms. The number of nitrogens with one attached hydrogen (secondary N) is 1. The Labute approximate surface area is 131 Å². The molecule has 0 saturated heterocycles. The van der Waals surface area contributed by atoms with E-state index < -0.39 is 6.10 Å². The molecule has 0 aliphatic rings. The lowest BCUT2D eigenvalue weighted by atomic mass is 10.1. The number of hydrogen-bond donors (Lipinski definition) is 2. The summed E-state index contributed by atoms with van der Waals surface area (Å²) >= 11 is 0. The van der Waals surface area contributed by atoms with Crippen LogP contribution in [0.2, 0.25) is 0 Å². The van der Waals surface area contributed by atoms with Crippen LogP contribution in [0.15, 0.2) is 36.4 Å². The van der Waals surface area contributed by atoms with Crippen molar-refractivity contribution in [3.8, 4) is 5.75 Å². The fourth-order valence-electron chi connectivity index (χ4n) is 2.07. The maximum atomic E-state index is 12.3. The van der Waals surface area contributed by atoms with E-state index in [0.29, 0.717) is 17.1 Å². The van der Waals surface area contributed by atoms with E-state index >= 15 is 0 Å². The van der Waals surface area contributed by atoms with Crippen molar-refractivity contribution in [1.29, 1.82) is 0 Å². The number of rotatable bonds is 4. The van der Waals surface area contributed by atoms with Gasteiger partial charge in [-0.05, 0) is 68.7 Å². The van der Waals surface area contributed by atoms with Crippen LogP contribution in [0.1, 0.15) is 23.6 Å². The van der Waals surface area contributed by atoms with Gasteiger partial charge >= 0.3 is 0 Å². The largest absolute Gasteiger partial charge is 0.481 e. The quantitative estimate of drug-likeness (QED) is 0.848. The van der Waals surface area contributed by atoms with Crippen LogP contribution in [0.5, 0.6) is 5.75 Å². The highest BCUT2D eigenvalue weighted by Gasteiger charge is 2.16. The molecule has 1 unspecified atom stereocenters. The Morgan fingerprint density at radius 1 is 1.14 bits per heavy atom. The monoisotopic (exact) mass is 298 g/mol. The van der Waals surface area contributed by atoms with Crippen LogP contribution in [-0.2, 0) is 4.79 Å². The Morgan fingerprint density at radius 3 is 2.55 bits per heavy atom. The maximum absolute atomic E-state index is 12.3. The van der Waals surface area contributed by atoms with Crippen molar-refractivity contribution in [2.45, 2.75) is 33.8 Å². The molecule has 1 atom stereocenters. The molecule has 0 aromatic heterocycles. The van der Waals surface area contributed by atoms with Gasteiger partial charge in [-0.2, -0.15) is 0 Å². The first-order chi connectivity index (χ1) is 10.4. The number of nitrogen functional groups attached to an aromatic ring is 1. The van der Waals surface area contributed by atoms with Crippen molar-refractivity contribution in [3.63, 3.8) is 0 Å². The molecule has 22 heavy (non-hydrogen) atoms. The summed E-state index contributed by atoms with van der Waals surface area (Å²) in [5, 5.41) is 2.85. The van der Waals surface area contributed by atoms with Crippen LogP contribution in [0.4, 0.5) is 11.4 Å². The summed E-state index contributed by atoms with van der Waals surface area (Å²) < 4.78 is 5.71. The van der Waals surface area contributed by atoms with Crippen LogP contribution in [-0.4, -0.2) is 12.0 Å². The number of ether oxygens (including phenoxy) is 1. The summed E-state index contributed by atoms with van der Waals surface area (Å²) in [6, 6.07) is 11.2. The first kappa shape index (κ1) is 15.9. The maximum Gasteiger partial charge on any atom is 0.265 e. The Hall–Kier alpha value is -2.49. The summed E-state index contributed by atoms with van der Waals surface area (Å²) in [7, 11) is 0.